The van der Waals surface area contributed by atoms with Crippen LogP contribution in [0.2, 0.25) is 0 Å². The Bertz CT molecular complexity index is 3720. The lowest BCUT2D eigenvalue weighted by molar-refractivity contribution is 0.595. The second-order valence-electron chi connectivity index (χ2n) is 19.0. The summed E-state index contributed by atoms with van der Waals surface area (Å²) in [5.41, 5.74) is 21.9. The van der Waals surface area contributed by atoms with Gasteiger partial charge < -0.3 is 9.32 Å². The van der Waals surface area contributed by atoms with Crippen LogP contribution in [0.5, 0.6) is 0 Å². The fourth-order valence-electron chi connectivity index (χ4n) is 12.7. The van der Waals surface area contributed by atoms with Gasteiger partial charge in [-0.05, 0) is 139 Å². The zero-order chi connectivity index (χ0) is 46.2. The van der Waals surface area contributed by atoms with Gasteiger partial charge in [-0.25, -0.2) is 0 Å². The predicted octanol–water partition coefficient (Wildman–Crippen LogP) is 17.3. The van der Waals surface area contributed by atoms with Crippen LogP contribution in [0.15, 0.2) is 259 Å². The summed E-state index contributed by atoms with van der Waals surface area (Å²) in [4.78, 5) is 2.44. The molecule has 2 heteroatoms. The number of benzene rings is 10. The van der Waals surface area contributed by atoms with Crippen molar-refractivity contribution in [3.8, 4) is 33.4 Å². The van der Waals surface area contributed by atoms with Gasteiger partial charge in [-0.1, -0.05) is 212 Å². The standard InChI is InChI=1S/C68H47NO/c1-4-19-46(20-5-1)47-35-39-51(40-36-47)69(52-41-37-48(38-42-52)54-27-18-34-65-66(54)57-26-11-17-33-64(57)70-65)53-43-44-56-55-25-10-12-28-58(55)68(63(56)45-53)61-31-15-13-29-59(61)67(49-21-6-2-7-22-49,50-23-8-3-9-24-50)60-30-14-16-32-62(60)68/h1-10,12-25,27-45H,11,26H2. The molecule has 0 saturated heterocycles. The summed E-state index contributed by atoms with van der Waals surface area (Å²) in [6, 6.07) is 92.6. The first-order chi connectivity index (χ1) is 34.7. The zero-order valence-electron chi connectivity index (χ0n) is 38.6. The van der Waals surface area contributed by atoms with Crippen LogP contribution in [-0.2, 0) is 17.3 Å². The summed E-state index contributed by atoms with van der Waals surface area (Å²) in [5.74, 6) is 0.987. The number of nitrogens with zero attached hydrogens (tertiary/aromatic N) is 1. The van der Waals surface area contributed by atoms with Crippen molar-refractivity contribution in [1.82, 2.24) is 0 Å². The fraction of sp³-hybridized carbons (Fsp3) is 0.0588. The monoisotopic (exact) mass is 893 g/mol. The number of allylic oxidation sites excluding steroid dienone is 1. The van der Waals surface area contributed by atoms with E-state index in [2.05, 4.69) is 266 Å². The molecule has 14 rings (SSSR count). The molecule has 1 heterocycles. The molecule has 0 fully saturated rings. The summed E-state index contributed by atoms with van der Waals surface area (Å²) in [6.07, 6.45) is 6.37. The number of anilines is 3. The highest BCUT2D eigenvalue weighted by atomic mass is 16.3. The van der Waals surface area contributed by atoms with Crippen molar-refractivity contribution in [2.24, 2.45) is 0 Å². The SMILES string of the molecule is C1=Cc2oc3cccc(-c4ccc(N(c5ccc(-c6ccccc6)cc5)c5ccc6c(c5)C5(c7ccccc7-6)c6ccccc6C(c6ccccc6)(c6ccccc6)c6ccccc65)cc4)c3c2CC1. The van der Waals surface area contributed by atoms with E-state index in [1.54, 1.807) is 0 Å². The summed E-state index contributed by atoms with van der Waals surface area (Å²) >= 11 is 0. The van der Waals surface area contributed by atoms with Crippen LogP contribution >= 0.6 is 0 Å². The lowest BCUT2D eigenvalue weighted by Gasteiger charge is -2.50. The molecular weight excluding hydrogens is 847 g/mol. The van der Waals surface area contributed by atoms with Crippen LogP contribution in [-0.4, -0.2) is 0 Å². The van der Waals surface area contributed by atoms with Crippen molar-refractivity contribution in [2.45, 2.75) is 23.7 Å². The molecule has 11 aromatic rings. The van der Waals surface area contributed by atoms with Gasteiger partial charge in [-0.15, -0.1) is 0 Å². The first-order valence-corrected chi connectivity index (χ1v) is 24.6. The Morgan fingerprint density at radius 2 is 0.843 bits per heavy atom. The topological polar surface area (TPSA) is 16.4 Å². The predicted molar refractivity (Wildman–Crippen MR) is 288 cm³/mol. The molecule has 1 aromatic heterocycles. The molecule has 10 aromatic carbocycles. The van der Waals surface area contributed by atoms with Crippen molar-refractivity contribution in [2.75, 3.05) is 4.90 Å². The van der Waals surface area contributed by atoms with Crippen LogP contribution in [0.3, 0.4) is 0 Å². The van der Waals surface area contributed by atoms with E-state index in [9.17, 15) is 0 Å². The summed E-state index contributed by atoms with van der Waals surface area (Å²) in [5, 5.41) is 1.23. The Morgan fingerprint density at radius 1 is 0.357 bits per heavy atom. The summed E-state index contributed by atoms with van der Waals surface area (Å²) < 4.78 is 6.38. The Hall–Kier alpha value is -8.72. The van der Waals surface area contributed by atoms with Crippen molar-refractivity contribution in [3.63, 3.8) is 0 Å². The van der Waals surface area contributed by atoms with Crippen LogP contribution < -0.4 is 4.90 Å². The first kappa shape index (κ1) is 40.4. The molecule has 3 aliphatic carbocycles. The Kier molecular flexibility index (Phi) is 9.19. The number of hydrogen-bond acceptors (Lipinski definition) is 2. The second-order valence-corrected chi connectivity index (χ2v) is 19.0. The van der Waals surface area contributed by atoms with E-state index in [0.717, 1.165) is 41.2 Å². The van der Waals surface area contributed by atoms with Crippen molar-refractivity contribution in [3.05, 3.63) is 311 Å². The molecule has 330 valence electrons. The molecule has 2 nitrogen and oxygen atoms in total. The van der Waals surface area contributed by atoms with Gasteiger partial charge in [-0.2, -0.15) is 0 Å². The van der Waals surface area contributed by atoms with Crippen LogP contribution in [0.4, 0.5) is 17.1 Å². The maximum atomic E-state index is 6.38. The van der Waals surface area contributed by atoms with Gasteiger partial charge in [0.05, 0.1) is 10.8 Å². The normalized spacial score (nSPS) is 14.3. The van der Waals surface area contributed by atoms with E-state index in [4.69, 9.17) is 4.42 Å². The van der Waals surface area contributed by atoms with Gasteiger partial charge in [0.1, 0.15) is 11.3 Å². The van der Waals surface area contributed by atoms with Crippen molar-refractivity contribution >= 4 is 34.1 Å². The number of aryl methyl sites for hydroxylation is 1. The lowest BCUT2D eigenvalue weighted by Crippen LogP contribution is -2.44. The minimum Gasteiger partial charge on any atom is -0.456 e. The molecule has 0 radical (unpaired) electrons. The van der Waals surface area contributed by atoms with E-state index < -0.39 is 10.8 Å². The van der Waals surface area contributed by atoms with Gasteiger partial charge in [0.15, 0.2) is 0 Å². The third-order valence-electron chi connectivity index (χ3n) is 15.5. The number of fused-ring (bicyclic) bond motifs is 12. The molecule has 0 N–H and O–H groups in total. The number of furan rings is 1. The van der Waals surface area contributed by atoms with Crippen molar-refractivity contribution in [1.29, 1.82) is 0 Å². The van der Waals surface area contributed by atoms with E-state index in [1.807, 2.05) is 0 Å². The molecule has 0 amide bonds. The average molecular weight is 894 g/mol. The smallest absolute Gasteiger partial charge is 0.135 e. The Labute approximate surface area is 409 Å². The number of rotatable bonds is 7. The Balaban J connectivity index is 0.998. The molecule has 0 saturated carbocycles. The first-order valence-electron chi connectivity index (χ1n) is 24.6. The van der Waals surface area contributed by atoms with Crippen molar-refractivity contribution < 1.29 is 4.42 Å². The molecule has 1 spiro atoms. The van der Waals surface area contributed by atoms with E-state index in [1.165, 1.54) is 88.8 Å². The van der Waals surface area contributed by atoms with E-state index in [0.29, 0.717) is 0 Å². The molecule has 0 unspecified atom stereocenters. The highest BCUT2D eigenvalue weighted by Crippen LogP contribution is 2.65. The third kappa shape index (κ3) is 5.80. The van der Waals surface area contributed by atoms with Gasteiger partial charge >= 0.3 is 0 Å². The highest BCUT2D eigenvalue weighted by molar-refractivity contribution is 5.99. The van der Waals surface area contributed by atoms with Gasteiger partial charge in [0, 0.05) is 28.0 Å². The average Bonchev–Trinajstić information content (AvgIpc) is 3.97. The summed E-state index contributed by atoms with van der Waals surface area (Å²) in [7, 11) is 0. The molecule has 70 heavy (non-hydrogen) atoms. The maximum Gasteiger partial charge on any atom is 0.135 e. The van der Waals surface area contributed by atoms with E-state index in [-0.39, 0.29) is 0 Å². The fourth-order valence-corrected chi connectivity index (χ4v) is 12.7. The Morgan fingerprint density at radius 3 is 1.47 bits per heavy atom. The molecule has 0 atom stereocenters. The third-order valence-corrected chi connectivity index (χ3v) is 15.5. The lowest BCUT2D eigenvalue weighted by atomic mass is 9.51. The molecule has 0 aliphatic heterocycles. The summed E-state index contributed by atoms with van der Waals surface area (Å²) in [6.45, 7) is 0. The quantitative estimate of drug-likeness (QED) is 0.158. The van der Waals surface area contributed by atoms with E-state index >= 15 is 0 Å². The minimum atomic E-state index is -0.619. The largest absolute Gasteiger partial charge is 0.456 e. The maximum absolute atomic E-state index is 6.38. The van der Waals surface area contributed by atoms with Crippen LogP contribution in [0.1, 0.15) is 62.3 Å². The minimum absolute atomic E-state index is 0.568. The zero-order valence-corrected chi connectivity index (χ0v) is 38.6. The number of hydrogen-bond donors (Lipinski definition) is 0. The second kappa shape index (κ2) is 15.9. The van der Waals surface area contributed by atoms with Crippen LogP contribution in [0.25, 0.3) is 50.4 Å². The highest BCUT2D eigenvalue weighted by Gasteiger charge is 2.56. The van der Waals surface area contributed by atoms with Crippen LogP contribution in [0, 0.1) is 0 Å². The molecular formula is C68H47NO. The molecule has 0 bridgehead atoms. The van der Waals surface area contributed by atoms with Gasteiger partial charge in [0.2, 0.25) is 0 Å². The molecule has 3 aliphatic rings. The van der Waals surface area contributed by atoms with Gasteiger partial charge in [0.25, 0.3) is 0 Å². The van der Waals surface area contributed by atoms with Gasteiger partial charge in [-0.3, -0.25) is 0 Å².